The van der Waals surface area contributed by atoms with Crippen LogP contribution in [0.5, 0.6) is 11.5 Å². The molecule has 2 aromatic heterocycles. The van der Waals surface area contributed by atoms with Crippen LogP contribution in [0.3, 0.4) is 0 Å². The fourth-order valence-electron chi connectivity index (χ4n) is 10.3. The van der Waals surface area contributed by atoms with Gasteiger partial charge in [0, 0.05) is 58.8 Å². The number of nitrogens with zero attached hydrogens (tertiary/aromatic N) is 2. The van der Waals surface area contributed by atoms with Crippen LogP contribution in [0.25, 0.3) is 30.3 Å². The van der Waals surface area contributed by atoms with Crippen molar-refractivity contribution in [1.29, 1.82) is 0 Å². The van der Waals surface area contributed by atoms with Crippen LogP contribution >= 0.6 is 22.7 Å². The molecule has 0 N–H and O–H groups in total. The van der Waals surface area contributed by atoms with E-state index in [0.717, 1.165) is 28.6 Å². The number of aryl methyl sites for hydroxylation is 1. The highest BCUT2D eigenvalue weighted by molar-refractivity contribution is 7.33. The number of fused-ring (bicyclic) bond motifs is 9. The van der Waals surface area contributed by atoms with E-state index in [1.165, 1.54) is 90.8 Å². The molecule has 0 fully saturated rings. The molecule has 0 atom stereocenters. The van der Waals surface area contributed by atoms with Gasteiger partial charge in [-0.1, -0.05) is 144 Å². The quantitative estimate of drug-likeness (QED) is 0.164. The predicted octanol–water partition coefficient (Wildman–Crippen LogP) is 16.6. The van der Waals surface area contributed by atoms with Crippen molar-refractivity contribution in [2.45, 2.75) is 112 Å². The highest BCUT2D eigenvalue weighted by atomic mass is 32.1. The predicted molar refractivity (Wildman–Crippen MR) is 295 cm³/mol. The Labute approximate surface area is 406 Å². The molecule has 0 saturated carbocycles. The molecule has 2 aliphatic rings. The molecule has 0 amide bonds. The molecule has 7 aromatic carbocycles. The lowest BCUT2D eigenvalue weighted by atomic mass is 9.36. The van der Waals surface area contributed by atoms with E-state index < -0.39 is 0 Å². The van der Waals surface area contributed by atoms with Crippen LogP contribution in [0, 0.1) is 6.92 Å². The summed E-state index contributed by atoms with van der Waals surface area (Å²) < 4.78 is 12.4. The van der Waals surface area contributed by atoms with Crippen LogP contribution in [-0.2, 0) is 21.7 Å². The third kappa shape index (κ3) is 7.29. The summed E-state index contributed by atoms with van der Waals surface area (Å²) in [4.78, 5) is 5.06. The summed E-state index contributed by atoms with van der Waals surface area (Å²) in [6.07, 6.45) is 0. The first-order valence-electron chi connectivity index (χ1n) is 23.9. The normalized spacial score (nSPS) is 13.8. The average molecular weight is 913 g/mol. The van der Waals surface area contributed by atoms with Gasteiger partial charge >= 0.3 is 0 Å². The van der Waals surface area contributed by atoms with Crippen molar-refractivity contribution >= 4 is 109 Å². The first kappa shape index (κ1) is 43.7. The van der Waals surface area contributed by atoms with Gasteiger partial charge in [-0.15, -0.1) is 22.7 Å². The van der Waals surface area contributed by atoms with Gasteiger partial charge in [0.2, 0.25) is 0 Å². The highest BCUT2D eigenvalue weighted by Crippen LogP contribution is 2.52. The Morgan fingerprint density at radius 1 is 0.478 bits per heavy atom. The van der Waals surface area contributed by atoms with Crippen molar-refractivity contribution in [3.63, 3.8) is 0 Å². The van der Waals surface area contributed by atoms with E-state index in [4.69, 9.17) is 4.74 Å². The van der Waals surface area contributed by atoms with E-state index in [1.54, 1.807) is 0 Å². The summed E-state index contributed by atoms with van der Waals surface area (Å²) in [7, 11) is 0. The van der Waals surface area contributed by atoms with E-state index in [2.05, 4.69) is 233 Å². The van der Waals surface area contributed by atoms with Crippen molar-refractivity contribution in [2.75, 3.05) is 9.80 Å². The summed E-state index contributed by atoms with van der Waals surface area (Å²) in [5, 5.41) is 3.74. The van der Waals surface area contributed by atoms with Crippen molar-refractivity contribution in [2.24, 2.45) is 0 Å². The Hall–Kier alpha value is -5.82. The van der Waals surface area contributed by atoms with Gasteiger partial charge in [0.15, 0.2) is 0 Å². The molecule has 336 valence electrons. The summed E-state index contributed by atoms with van der Waals surface area (Å²) in [5.74, 6) is 1.97. The van der Waals surface area contributed by atoms with Crippen molar-refractivity contribution in [3.8, 4) is 11.5 Å². The summed E-state index contributed by atoms with van der Waals surface area (Å²) in [6, 6.07) is 51.3. The molecule has 0 saturated heterocycles. The second-order valence-electron chi connectivity index (χ2n) is 23.2. The Morgan fingerprint density at radius 3 is 1.67 bits per heavy atom. The number of thiophene rings is 2. The largest absolute Gasteiger partial charge is 0.457 e. The zero-order chi connectivity index (χ0) is 47.1. The standard InChI is InChI=1S/C61H61BN2OS2/c1-36-30-49-54-51(31-36)65-55-46-32-39(60(8,9)10)23-29-53(46)67-57(55)62(54)47-33-40(61(11,12)13)22-28-48(47)64(49)50-35-43(34-45-44-16-14-15-17-52(44)66-56(45)50)63(41-24-18-37(19-25-41)58(2,3)4)42-26-20-38(21-27-42)59(5,6)7/h14-35H,1-13H3. The molecule has 2 aliphatic heterocycles. The number of hydrogen-bond acceptors (Lipinski definition) is 5. The second kappa shape index (κ2) is 15.1. The Kier molecular flexibility index (Phi) is 9.85. The molecule has 3 nitrogen and oxygen atoms in total. The summed E-state index contributed by atoms with van der Waals surface area (Å²) in [6.45, 7) is 29.9. The van der Waals surface area contributed by atoms with Crippen LogP contribution in [-0.4, -0.2) is 6.71 Å². The third-order valence-corrected chi connectivity index (χ3v) is 16.6. The van der Waals surface area contributed by atoms with Crippen LogP contribution in [0.1, 0.15) is 111 Å². The van der Waals surface area contributed by atoms with Gasteiger partial charge in [0.1, 0.15) is 11.5 Å². The molecular weight excluding hydrogens is 852 g/mol. The molecule has 0 aliphatic carbocycles. The second-order valence-corrected chi connectivity index (χ2v) is 25.4. The number of rotatable bonds is 4. The molecule has 9 aromatic rings. The minimum Gasteiger partial charge on any atom is -0.457 e. The first-order valence-corrected chi connectivity index (χ1v) is 25.6. The SMILES string of the molecule is Cc1cc2c3c(c1)N(c1cc(N(c4ccc(C(C)(C)C)cc4)c4ccc(C(C)(C)C)cc4)cc4c1sc1ccccc14)c1ccc(C(C)(C)C)cc1B3c1sc3ccc(C(C)(C)C)cc3c1O2. The van der Waals surface area contributed by atoms with Gasteiger partial charge in [0.25, 0.3) is 6.71 Å². The molecule has 0 bridgehead atoms. The fraction of sp³-hybridized carbons (Fsp3) is 0.279. The van der Waals surface area contributed by atoms with E-state index in [9.17, 15) is 0 Å². The van der Waals surface area contributed by atoms with Crippen molar-refractivity contribution in [3.05, 3.63) is 161 Å². The van der Waals surface area contributed by atoms with Crippen LogP contribution in [0.15, 0.2) is 133 Å². The maximum absolute atomic E-state index is 7.28. The van der Waals surface area contributed by atoms with E-state index >= 15 is 0 Å². The molecular formula is C61H61BN2OS2. The Morgan fingerprint density at radius 2 is 1.04 bits per heavy atom. The van der Waals surface area contributed by atoms with Gasteiger partial charge in [-0.25, -0.2) is 0 Å². The molecule has 0 unspecified atom stereocenters. The van der Waals surface area contributed by atoms with Gasteiger partial charge in [-0.2, -0.15) is 0 Å². The molecule has 0 spiro atoms. The lowest BCUT2D eigenvalue weighted by molar-refractivity contribution is 0.494. The molecule has 6 heteroatoms. The Balaban J connectivity index is 1.20. The smallest absolute Gasteiger partial charge is 0.268 e. The van der Waals surface area contributed by atoms with Gasteiger partial charge < -0.3 is 14.5 Å². The molecule has 11 rings (SSSR count). The van der Waals surface area contributed by atoms with Crippen LogP contribution in [0.2, 0.25) is 0 Å². The number of ether oxygens (including phenoxy) is 1. The molecule has 0 radical (unpaired) electrons. The fourth-order valence-corrected chi connectivity index (χ4v) is 12.7. The maximum Gasteiger partial charge on any atom is 0.268 e. The third-order valence-electron chi connectivity index (χ3n) is 14.2. The monoisotopic (exact) mass is 912 g/mol. The maximum atomic E-state index is 7.28. The molecule has 67 heavy (non-hydrogen) atoms. The highest BCUT2D eigenvalue weighted by Gasteiger charge is 2.45. The van der Waals surface area contributed by atoms with E-state index in [1.807, 2.05) is 22.7 Å². The van der Waals surface area contributed by atoms with Crippen molar-refractivity contribution < 1.29 is 4.74 Å². The van der Waals surface area contributed by atoms with Crippen LogP contribution in [0.4, 0.5) is 34.1 Å². The zero-order valence-corrected chi connectivity index (χ0v) is 43.0. The summed E-state index contributed by atoms with van der Waals surface area (Å²) in [5.41, 5.74) is 16.0. The zero-order valence-electron chi connectivity index (χ0n) is 41.4. The first-order chi connectivity index (χ1) is 31.6. The lowest BCUT2D eigenvalue weighted by Gasteiger charge is -2.40. The van der Waals surface area contributed by atoms with E-state index in [-0.39, 0.29) is 28.4 Å². The lowest BCUT2D eigenvalue weighted by Crippen LogP contribution is -2.58. The Bertz CT molecular complexity index is 3380. The minimum absolute atomic E-state index is 0.0126. The van der Waals surface area contributed by atoms with Crippen LogP contribution < -0.4 is 30.2 Å². The van der Waals surface area contributed by atoms with Gasteiger partial charge in [0.05, 0.1) is 10.4 Å². The topological polar surface area (TPSA) is 15.7 Å². The number of hydrogen-bond donors (Lipinski definition) is 0. The summed E-state index contributed by atoms with van der Waals surface area (Å²) >= 11 is 3.79. The van der Waals surface area contributed by atoms with Gasteiger partial charge in [-0.3, -0.25) is 0 Å². The van der Waals surface area contributed by atoms with Gasteiger partial charge in [-0.05, 0) is 140 Å². The van der Waals surface area contributed by atoms with Crippen molar-refractivity contribution in [1.82, 2.24) is 0 Å². The molecule has 4 heterocycles. The average Bonchev–Trinajstić information content (AvgIpc) is 3.83. The number of benzene rings is 7. The minimum atomic E-state index is -0.0454. The van der Waals surface area contributed by atoms with E-state index in [0.29, 0.717) is 0 Å². The number of anilines is 6.